The molecule has 1 aliphatic rings. The van der Waals surface area contributed by atoms with Crippen molar-refractivity contribution in [2.24, 2.45) is 0 Å². The molecule has 0 N–H and O–H groups in total. The van der Waals surface area contributed by atoms with Crippen molar-refractivity contribution < 1.29 is 8.42 Å². The number of sulfonamides is 1. The lowest BCUT2D eigenvalue weighted by molar-refractivity contribution is 0.429. The van der Waals surface area contributed by atoms with Crippen LogP contribution in [-0.2, 0) is 23.1 Å². The normalized spacial score (nSPS) is 15.3. The molecule has 1 aromatic heterocycles. The van der Waals surface area contributed by atoms with Gasteiger partial charge in [0.2, 0.25) is 10.0 Å². The largest absolute Gasteiger partial charge is 0.244 e. The molecule has 2 aromatic rings. The zero-order valence-corrected chi connectivity index (χ0v) is 12.2. The van der Waals surface area contributed by atoms with Gasteiger partial charge in [-0.3, -0.25) is 0 Å². The summed E-state index contributed by atoms with van der Waals surface area (Å²) in [6, 6.07) is 5.38. The maximum absolute atomic E-state index is 12.7. The van der Waals surface area contributed by atoms with E-state index in [2.05, 4.69) is 9.97 Å². The Morgan fingerprint density at radius 1 is 1.20 bits per heavy atom. The minimum Gasteiger partial charge on any atom is -0.244 e. The molecule has 0 radical (unpaired) electrons. The lowest BCUT2D eigenvalue weighted by Crippen LogP contribution is -2.26. The van der Waals surface area contributed by atoms with E-state index >= 15 is 0 Å². The van der Waals surface area contributed by atoms with Crippen LogP contribution in [0.1, 0.15) is 22.4 Å². The fourth-order valence-corrected chi connectivity index (χ4v) is 4.05. The van der Waals surface area contributed by atoms with Crippen LogP contribution in [0.25, 0.3) is 0 Å². The Morgan fingerprint density at radius 2 is 2.00 bits per heavy atom. The first-order valence-electron chi connectivity index (χ1n) is 6.33. The quantitative estimate of drug-likeness (QED) is 0.845. The molecule has 0 fully saturated rings. The summed E-state index contributed by atoms with van der Waals surface area (Å²) in [5.41, 5.74) is 3.48. The van der Waals surface area contributed by atoms with Gasteiger partial charge in [-0.1, -0.05) is 17.7 Å². The van der Waals surface area contributed by atoms with Crippen LogP contribution in [0.2, 0.25) is 0 Å². The molecule has 5 nitrogen and oxygen atoms in total. The fraction of sp³-hybridized carbons (Fsp3) is 0.286. The molecule has 2 heterocycles. The van der Waals surface area contributed by atoms with Gasteiger partial charge in [0.1, 0.15) is 6.33 Å². The van der Waals surface area contributed by atoms with E-state index in [0.717, 1.165) is 22.4 Å². The number of aromatic nitrogens is 2. The summed E-state index contributed by atoms with van der Waals surface area (Å²) in [6.45, 7) is 4.42. The highest BCUT2D eigenvalue weighted by Crippen LogP contribution is 2.28. The van der Waals surface area contributed by atoms with Crippen LogP contribution < -0.4 is 0 Å². The maximum Gasteiger partial charge on any atom is 0.243 e. The van der Waals surface area contributed by atoms with Crippen LogP contribution in [0.15, 0.2) is 35.6 Å². The first-order valence-corrected chi connectivity index (χ1v) is 7.77. The van der Waals surface area contributed by atoms with E-state index in [-0.39, 0.29) is 0 Å². The Morgan fingerprint density at radius 3 is 2.70 bits per heavy atom. The van der Waals surface area contributed by atoms with E-state index in [9.17, 15) is 8.42 Å². The number of aryl methyl sites for hydroxylation is 2. The van der Waals surface area contributed by atoms with Gasteiger partial charge in [0.25, 0.3) is 0 Å². The third-order valence-electron chi connectivity index (χ3n) is 3.50. The SMILES string of the molecule is Cc1ccc(S(=O)(=O)N2Cc3cncnc3C2)c(C)c1. The van der Waals surface area contributed by atoms with Gasteiger partial charge in [0.15, 0.2) is 0 Å². The molecular weight excluding hydrogens is 274 g/mol. The number of rotatable bonds is 2. The van der Waals surface area contributed by atoms with E-state index < -0.39 is 10.0 Å². The van der Waals surface area contributed by atoms with Crippen LogP contribution in [-0.4, -0.2) is 22.7 Å². The van der Waals surface area contributed by atoms with Crippen LogP contribution in [0.5, 0.6) is 0 Å². The van der Waals surface area contributed by atoms with Crippen LogP contribution >= 0.6 is 0 Å². The van der Waals surface area contributed by atoms with Crippen molar-refractivity contribution in [2.75, 3.05) is 0 Å². The summed E-state index contributed by atoms with van der Waals surface area (Å²) < 4.78 is 26.9. The highest BCUT2D eigenvalue weighted by Gasteiger charge is 2.32. The molecule has 104 valence electrons. The fourth-order valence-electron chi connectivity index (χ4n) is 2.47. The van der Waals surface area contributed by atoms with Crippen molar-refractivity contribution in [1.82, 2.24) is 14.3 Å². The summed E-state index contributed by atoms with van der Waals surface area (Å²) in [4.78, 5) is 8.44. The topological polar surface area (TPSA) is 63.2 Å². The van der Waals surface area contributed by atoms with Gasteiger partial charge in [-0.05, 0) is 25.5 Å². The average Bonchev–Trinajstić information content (AvgIpc) is 2.82. The first-order chi connectivity index (χ1) is 9.48. The van der Waals surface area contributed by atoms with E-state index in [0.29, 0.717) is 18.0 Å². The summed E-state index contributed by atoms with van der Waals surface area (Å²) in [5, 5.41) is 0. The Balaban J connectivity index is 1.99. The molecule has 1 aromatic carbocycles. The second-order valence-corrected chi connectivity index (χ2v) is 6.94. The monoisotopic (exact) mass is 289 g/mol. The molecule has 6 heteroatoms. The molecule has 0 atom stereocenters. The van der Waals surface area contributed by atoms with Crippen molar-refractivity contribution in [3.05, 3.63) is 53.1 Å². The second-order valence-electron chi connectivity index (χ2n) is 5.04. The van der Waals surface area contributed by atoms with Gasteiger partial charge >= 0.3 is 0 Å². The molecule has 20 heavy (non-hydrogen) atoms. The van der Waals surface area contributed by atoms with Crippen molar-refractivity contribution in [2.45, 2.75) is 31.8 Å². The summed E-state index contributed by atoms with van der Waals surface area (Å²) in [7, 11) is -3.49. The van der Waals surface area contributed by atoms with Gasteiger partial charge < -0.3 is 0 Å². The molecule has 0 aliphatic carbocycles. The standard InChI is InChI=1S/C14H15N3O2S/c1-10-3-4-14(11(2)5-10)20(18,19)17-7-12-6-15-9-16-13(12)8-17/h3-6,9H,7-8H2,1-2H3. The van der Waals surface area contributed by atoms with Crippen molar-refractivity contribution in [3.63, 3.8) is 0 Å². The summed E-state index contributed by atoms with van der Waals surface area (Å²) in [5.74, 6) is 0. The minimum atomic E-state index is -3.49. The van der Waals surface area contributed by atoms with Gasteiger partial charge in [-0.25, -0.2) is 18.4 Å². The zero-order valence-electron chi connectivity index (χ0n) is 11.4. The first kappa shape index (κ1) is 13.2. The van der Waals surface area contributed by atoms with Crippen LogP contribution in [0.3, 0.4) is 0 Å². The van der Waals surface area contributed by atoms with Gasteiger partial charge in [0.05, 0.1) is 17.1 Å². The second kappa shape index (κ2) is 4.64. The molecule has 1 aliphatic heterocycles. The Labute approximate surface area is 118 Å². The molecular formula is C14H15N3O2S. The summed E-state index contributed by atoms with van der Waals surface area (Å²) >= 11 is 0. The number of hydrogen-bond acceptors (Lipinski definition) is 4. The van der Waals surface area contributed by atoms with Crippen LogP contribution in [0, 0.1) is 13.8 Å². The smallest absolute Gasteiger partial charge is 0.243 e. The Bertz CT molecular complexity index is 747. The predicted molar refractivity (Wildman–Crippen MR) is 74.4 cm³/mol. The molecule has 0 spiro atoms. The Hall–Kier alpha value is -1.79. The summed E-state index contributed by atoms with van der Waals surface area (Å²) in [6.07, 6.45) is 3.13. The number of hydrogen-bond donors (Lipinski definition) is 0. The highest BCUT2D eigenvalue weighted by molar-refractivity contribution is 7.89. The predicted octanol–water partition coefficient (Wildman–Crippen LogP) is 1.80. The molecule has 0 saturated heterocycles. The van der Waals surface area contributed by atoms with Crippen molar-refractivity contribution in [3.8, 4) is 0 Å². The van der Waals surface area contributed by atoms with Gasteiger partial charge in [0, 0.05) is 18.3 Å². The third-order valence-corrected chi connectivity index (χ3v) is 5.45. The maximum atomic E-state index is 12.7. The van der Waals surface area contributed by atoms with Gasteiger partial charge in [-0.2, -0.15) is 4.31 Å². The number of nitrogens with zero attached hydrogens (tertiary/aromatic N) is 3. The van der Waals surface area contributed by atoms with E-state index in [4.69, 9.17) is 0 Å². The van der Waals surface area contributed by atoms with Crippen molar-refractivity contribution in [1.29, 1.82) is 0 Å². The third kappa shape index (κ3) is 2.10. The molecule has 0 unspecified atom stereocenters. The van der Waals surface area contributed by atoms with Gasteiger partial charge in [-0.15, -0.1) is 0 Å². The highest BCUT2D eigenvalue weighted by atomic mass is 32.2. The van der Waals surface area contributed by atoms with E-state index in [1.807, 2.05) is 26.0 Å². The van der Waals surface area contributed by atoms with E-state index in [1.165, 1.54) is 10.6 Å². The van der Waals surface area contributed by atoms with E-state index in [1.54, 1.807) is 12.3 Å². The lowest BCUT2D eigenvalue weighted by Gasteiger charge is -2.17. The molecule has 3 rings (SSSR count). The molecule has 0 bridgehead atoms. The lowest BCUT2D eigenvalue weighted by atomic mass is 10.2. The molecule has 0 amide bonds. The number of benzene rings is 1. The number of fused-ring (bicyclic) bond motifs is 1. The van der Waals surface area contributed by atoms with Crippen LogP contribution in [0.4, 0.5) is 0 Å². The Kier molecular flexibility index (Phi) is 3.07. The molecule has 0 saturated carbocycles. The minimum absolute atomic E-state index is 0.313. The average molecular weight is 289 g/mol. The van der Waals surface area contributed by atoms with Crippen molar-refractivity contribution >= 4 is 10.0 Å². The zero-order chi connectivity index (χ0) is 14.3.